The topological polar surface area (TPSA) is 15.3 Å². The third-order valence-corrected chi connectivity index (χ3v) is 4.56. The van der Waals surface area contributed by atoms with Gasteiger partial charge in [-0.3, -0.25) is 0 Å². The molecule has 0 bridgehead atoms. The van der Waals surface area contributed by atoms with Crippen molar-refractivity contribution in [3.8, 4) is 0 Å². The lowest BCUT2D eigenvalue weighted by Crippen LogP contribution is -2.29. The van der Waals surface area contributed by atoms with E-state index in [2.05, 4.69) is 70.1 Å². The molecule has 1 unspecified atom stereocenters. The van der Waals surface area contributed by atoms with E-state index >= 15 is 0 Å². The molecule has 0 aromatic heterocycles. The lowest BCUT2D eigenvalue weighted by Gasteiger charge is -2.22. The summed E-state index contributed by atoms with van der Waals surface area (Å²) in [5.74, 6) is 0. The number of hydrogen-bond acceptors (Lipinski definition) is 2. The average molecular weight is 413 g/mol. The highest BCUT2D eigenvalue weighted by atomic mass is 79.9. The largest absolute Gasteiger partial charge is 0.368 e. The quantitative estimate of drug-likeness (QED) is 0.795. The predicted octanol–water partition coefficient (Wildman–Crippen LogP) is 3.77. The lowest BCUT2D eigenvalue weighted by atomic mass is 10.3. The van der Waals surface area contributed by atoms with Crippen LogP contribution in [-0.4, -0.2) is 26.2 Å². The minimum absolute atomic E-state index is 0.599. The van der Waals surface area contributed by atoms with E-state index < -0.39 is 0 Å². The summed E-state index contributed by atoms with van der Waals surface area (Å²) in [5.41, 5.74) is 1.25. The first kappa shape index (κ1) is 12.9. The fourth-order valence-corrected chi connectivity index (χ4v) is 4.80. The van der Waals surface area contributed by atoms with E-state index in [1.165, 1.54) is 12.1 Å². The number of nitrogens with one attached hydrogen (secondary N) is 1. The summed E-state index contributed by atoms with van der Waals surface area (Å²) in [6, 6.07) is 4.78. The van der Waals surface area contributed by atoms with E-state index in [0.717, 1.165) is 26.5 Å². The van der Waals surface area contributed by atoms with Crippen molar-refractivity contribution in [1.29, 1.82) is 0 Å². The van der Waals surface area contributed by atoms with Gasteiger partial charge in [-0.05, 0) is 57.5 Å². The normalized spacial score (nSPS) is 20.5. The molecule has 16 heavy (non-hydrogen) atoms. The minimum atomic E-state index is 0.599. The van der Waals surface area contributed by atoms with Crippen LogP contribution in [0.15, 0.2) is 25.6 Å². The van der Waals surface area contributed by atoms with Gasteiger partial charge in [-0.25, -0.2) is 0 Å². The zero-order valence-electron chi connectivity index (χ0n) is 8.93. The van der Waals surface area contributed by atoms with Crippen LogP contribution in [0, 0.1) is 0 Å². The molecule has 0 aliphatic carbocycles. The van der Waals surface area contributed by atoms with Gasteiger partial charge in [0.2, 0.25) is 0 Å². The molecule has 1 N–H and O–H groups in total. The van der Waals surface area contributed by atoms with Gasteiger partial charge < -0.3 is 10.2 Å². The van der Waals surface area contributed by atoms with E-state index in [4.69, 9.17) is 0 Å². The van der Waals surface area contributed by atoms with Crippen LogP contribution in [0.4, 0.5) is 5.69 Å². The Balaban J connectivity index is 2.28. The van der Waals surface area contributed by atoms with E-state index in [1.54, 1.807) is 0 Å². The van der Waals surface area contributed by atoms with Crippen molar-refractivity contribution < 1.29 is 0 Å². The van der Waals surface area contributed by atoms with Crippen LogP contribution >= 0.6 is 47.8 Å². The molecule has 1 heterocycles. The molecule has 1 aliphatic heterocycles. The smallest absolute Gasteiger partial charge is 0.0656 e. The van der Waals surface area contributed by atoms with Gasteiger partial charge in [-0.1, -0.05) is 15.9 Å². The fourth-order valence-electron chi connectivity index (χ4n) is 2.04. The Morgan fingerprint density at radius 2 is 1.88 bits per heavy atom. The van der Waals surface area contributed by atoms with E-state index in [0.29, 0.717) is 6.04 Å². The van der Waals surface area contributed by atoms with Crippen molar-refractivity contribution in [2.75, 3.05) is 25.0 Å². The molecule has 0 radical (unpaired) electrons. The fraction of sp³-hybridized carbons (Fsp3) is 0.455. The van der Waals surface area contributed by atoms with Crippen molar-refractivity contribution in [3.63, 3.8) is 0 Å². The van der Waals surface area contributed by atoms with Gasteiger partial charge in [0.1, 0.15) is 0 Å². The van der Waals surface area contributed by atoms with Gasteiger partial charge in [0.05, 0.1) is 5.69 Å². The molecular weight excluding hydrogens is 400 g/mol. The van der Waals surface area contributed by atoms with Crippen LogP contribution in [0.25, 0.3) is 0 Å². The molecule has 0 saturated carbocycles. The number of nitrogens with zero attached hydrogens (tertiary/aromatic N) is 1. The van der Waals surface area contributed by atoms with Crippen molar-refractivity contribution in [3.05, 3.63) is 25.6 Å². The lowest BCUT2D eigenvalue weighted by molar-refractivity contribution is 0.617. The summed E-state index contributed by atoms with van der Waals surface area (Å²) >= 11 is 10.7. The van der Waals surface area contributed by atoms with E-state index in [-0.39, 0.29) is 0 Å². The second-order valence-corrected chi connectivity index (χ2v) is 6.56. The average Bonchev–Trinajstić information content (AvgIpc) is 2.64. The maximum Gasteiger partial charge on any atom is 0.0656 e. The molecule has 5 heteroatoms. The van der Waals surface area contributed by atoms with Crippen LogP contribution in [-0.2, 0) is 0 Å². The van der Waals surface area contributed by atoms with Gasteiger partial charge in [-0.2, -0.15) is 0 Å². The summed E-state index contributed by atoms with van der Waals surface area (Å²) in [4.78, 5) is 2.40. The predicted molar refractivity (Wildman–Crippen MR) is 79.2 cm³/mol. The Morgan fingerprint density at radius 3 is 2.38 bits per heavy atom. The summed E-state index contributed by atoms with van der Waals surface area (Å²) < 4.78 is 3.34. The highest BCUT2D eigenvalue weighted by Gasteiger charge is 2.24. The number of anilines is 1. The Kier molecular flexibility index (Phi) is 4.32. The molecule has 1 saturated heterocycles. The molecule has 2 rings (SSSR count). The Hall–Kier alpha value is 0.420. The monoisotopic (exact) mass is 410 g/mol. The zero-order valence-corrected chi connectivity index (χ0v) is 13.7. The van der Waals surface area contributed by atoms with E-state index in [9.17, 15) is 0 Å². The Labute approximate surface area is 121 Å². The van der Waals surface area contributed by atoms with Crippen LogP contribution < -0.4 is 10.2 Å². The van der Waals surface area contributed by atoms with Crippen molar-refractivity contribution in [2.45, 2.75) is 12.5 Å². The number of benzene rings is 1. The third kappa shape index (κ3) is 2.63. The van der Waals surface area contributed by atoms with Crippen molar-refractivity contribution in [2.24, 2.45) is 0 Å². The molecule has 1 aromatic rings. The Bertz CT molecular complexity index is 372. The van der Waals surface area contributed by atoms with E-state index in [1.807, 2.05) is 7.05 Å². The molecule has 0 amide bonds. The van der Waals surface area contributed by atoms with Crippen molar-refractivity contribution >= 4 is 53.5 Å². The molecule has 1 aliphatic rings. The molecule has 1 fully saturated rings. The summed E-state index contributed by atoms with van der Waals surface area (Å²) in [5, 5.41) is 3.33. The number of hydrogen-bond donors (Lipinski definition) is 1. The maximum absolute atomic E-state index is 3.63. The molecule has 1 aromatic carbocycles. The second kappa shape index (κ2) is 5.38. The summed E-state index contributed by atoms with van der Waals surface area (Å²) in [6.07, 6.45) is 1.20. The SMILES string of the molecule is CNC1CCN(c2c(Br)cc(Br)cc2Br)C1. The van der Waals surface area contributed by atoms with Crippen molar-refractivity contribution in [1.82, 2.24) is 5.32 Å². The van der Waals surface area contributed by atoms with Gasteiger partial charge in [0.25, 0.3) is 0 Å². The second-order valence-electron chi connectivity index (χ2n) is 3.94. The molecule has 0 spiro atoms. The first-order valence-corrected chi connectivity index (χ1v) is 7.56. The maximum atomic E-state index is 3.63. The Morgan fingerprint density at radius 1 is 1.25 bits per heavy atom. The van der Waals surface area contributed by atoms with Gasteiger partial charge in [0.15, 0.2) is 0 Å². The van der Waals surface area contributed by atoms with Crippen LogP contribution in [0.5, 0.6) is 0 Å². The summed E-state index contributed by atoms with van der Waals surface area (Å²) in [6.45, 7) is 2.17. The number of likely N-dealkylation sites (N-methyl/N-ethyl adjacent to an activating group) is 1. The summed E-state index contributed by atoms with van der Waals surface area (Å²) in [7, 11) is 2.03. The van der Waals surface area contributed by atoms with Gasteiger partial charge in [-0.15, -0.1) is 0 Å². The first-order chi connectivity index (χ1) is 7.61. The van der Waals surface area contributed by atoms with Gasteiger partial charge in [0, 0.05) is 32.5 Å². The minimum Gasteiger partial charge on any atom is -0.368 e. The molecule has 88 valence electrons. The van der Waals surface area contributed by atoms with Crippen LogP contribution in [0.3, 0.4) is 0 Å². The highest BCUT2D eigenvalue weighted by molar-refractivity contribution is 9.11. The highest BCUT2D eigenvalue weighted by Crippen LogP contribution is 2.38. The molecule has 1 atom stereocenters. The van der Waals surface area contributed by atoms with Crippen LogP contribution in [0.1, 0.15) is 6.42 Å². The van der Waals surface area contributed by atoms with Gasteiger partial charge >= 0.3 is 0 Å². The number of halogens is 3. The third-order valence-electron chi connectivity index (χ3n) is 2.89. The first-order valence-electron chi connectivity index (χ1n) is 5.18. The van der Waals surface area contributed by atoms with Crippen LogP contribution in [0.2, 0.25) is 0 Å². The number of rotatable bonds is 2. The standard InChI is InChI=1S/C11H13Br3N2/c1-15-8-2-3-16(6-8)11-9(13)4-7(12)5-10(11)14/h4-5,8,15H,2-3,6H2,1H3. The zero-order chi connectivity index (χ0) is 11.7. The molecular formula is C11H13Br3N2. The molecule has 2 nitrogen and oxygen atoms in total.